The van der Waals surface area contributed by atoms with Crippen LogP contribution < -0.4 is 0 Å². The third-order valence-corrected chi connectivity index (χ3v) is 3.51. The second kappa shape index (κ2) is 4.44. The number of aryl methyl sites for hydroxylation is 2. The van der Waals surface area contributed by atoms with Crippen LogP contribution in [0.5, 0.6) is 0 Å². The fourth-order valence-corrected chi connectivity index (χ4v) is 2.16. The number of hydrogen-bond acceptors (Lipinski definition) is 2. The topological polar surface area (TPSA) is 33.4 Å². The number of hydrogen-bond donors (Lipinski definition) is 1. The Hall–Kier alpha value is -1.06. The van der Waals surface area contributed by atoms with E-state index in [-0.39, 0.29) is 0 Å². The summed E-state index contributed by atoms with van der Waals surface area (Å²) in [6.45, 7) is 3.98. The van der Waals surface area contributed by atoms with Gasteiger partial charge in [0, 0.05) is 4.47 Å². The molecule has 0 radical (unpaired) electrons. The number of aliphatic hydroxyl groups excluding tert-OH is 1. The molecule has 2 aromatic rings. The first-order chi connectivity index (χ1) is 7.59. The van der Waals surface area contributed by atoms with E-state index in [0.29, 0.717) is 5.76 Å². The molecule has 1 unspecified atom stereocenters. The quantitative estimate of drug-likeness (QED) is 0.909. The standard InChI is InChI=1S/C13H13BrO2/c1-8-7-11(14)9(2)6-10(8)13(15)12-4-3-5-16-12/h3-7,13,15H,1-2H3. The molecule has 0 aliphatic heterocycles. The zero-order valence-electron chi connectivity index (χ0n) is 9.20. The Morgan fingerprint density at radius 1 is 1.25 bits per heavy atom. The van der Waals surface area contributed by atoms with Crippen molar-refractivity contribution < 1.29 is 9.52 Å². The maximum atomic E-state index is 10.2. The molecule has 1 aromatic heterocycles. The first-order valence-electron chi connectivity index (χ1n) is 5.07. The van der Waals surface area contributed by atoms with Gasteiger partial charge in [-0.25, -0.2) is 0 Å². The normalized spacial score (nSPS) is 12.8. The van der Waals surface area contributed by atoms with E-state index in [1.165, 1.54) is 0 Å². The van der Waals surface area contributed by atoms with E-state index < -0.39 is 6.10 Å². The van der Waals surface area contributed by atoms with Gasteiger partial charge in [0.2, 0.25) is 0 Å². The minimum absolute atomic E-state index is 0.574. The van der Waals surface area contributed by atoms with Crippen molar-refractivity contribution in [2.24, 2.45) is 0 Å². The number of aliphatic hydroxyl groups is 1. The Kier molecular flexibility index (Phi) is 3.17. The van der Waals surface area contributed by atoms with Crippen molar-refractivity contribution in [1.29, 1.82) is 0 Å². The molecule has 0 spiro atoms. The molecule has 1 aromatic carbocycles. The molecule has 0 saturated heterocycles. The third-order valence-electron chi connectivity index (χ3n) is 2.65. The van der Waals surface area contributed by atoms with E-state index in [0.717, 1.165) is 21.2 Å². The molecule has 1 atom stereocenters. The number of halogens is 1. The first-order valence-corrected chi connectivity index (χ1v) is 5.87. The molecule has 84 valence electrons. The molecule has 1 heterocycles. The van der Waals surface area contributed by atoms with Gasteiger partial charge in [-0.1, -0.05) is 22.0 Å². The van der Waals surface area contributed by atoms with Crippen molar-refractivity contribution in [2.75, 3.05) is 0 Å². The fourth-order valence-electron chi connectivity index (χ4n) is 1.70. The zero-order valence-corrected chi connectivity index (χ0v) is 10.8. The summed E-state index contributed by atoms with van der Waals surface area (Å²) in [5.74, 6) is 0.574. The molecule has 0 bridgehead atoms. The summed E-state index contributed by atoms with van der Waals surface area (Å²) < 4.78 is 6.27. The maximum Gasteiger partial charge on any atom is 0.137 e. The predicted molar refractivity (Wildman–Crippen MR) is 66.4 cm³/mol. The minimum Gasteiger partial charge on any atom is -0.466 e. The second-order valence-corrected chi connectivity index (χ2v) is 4.73. The van der Waals surface area contributed by atoms with Gasteiger partial charge < -0.3 is 9.52 Å². The van der Waals surface area contributed by atoms with Crippen LogP contribution in [0, 0.1) is 13.8 Å². The van der Waals surface area contributed by atoms with Gasteiger partial charge in [-0.15, -0.1) is 0 Å². The van der Waals surface area contributed by atoms with Gasteiger partial charge >= 0.3 is 0 Å². The van der Waals surface area contributed by atoms with E-state index in [1.54, 1.807) is 18.4 Å². The Morgan fingerprint density at radius 2 is 2.00 bits per heavy atom. The van der Waals surface area contributed by atoms with Gasteiger partial charge in [-0.05, 0) is 48.7 Å². The molecule has 3 heteroatoms. The van der Waals surface area contributed by atoms with Crippen molar-refractivity contribution in [2.45, 2.75) is 20.0 Å². The van der Waals surface area contributed by atoms with Gasteiger partial charge in [-0.3, -0.25) is 0 Å². The Bertz CT molecular complexity index is 489. The van der Waals surface area contributed by atoms with E-state index in [4.69, 9.17) is 4.42 Å². The number of rotatable bonds is 2. The van der Waals surface area contributed by atoms with Crippen LogP contribution in [0.1, 0.15) is 28.6 Å². The molecule has 0 saturated carbocycles. The molecule has 2 nitrogen and oxygen atoms in total. The van der Waals surface area contributed by atoms with Gasteiger partial charge in [0.15, 0.2) is 0 Å². The van der Waals surface area contributed by atoms with Crippen LogP contribution in [0.4, 0.5) is 0 Å². The number of benzene rings is 1. The zero-order chi connectivity index (χ0) is 11.7. The Balaban J connectivity index is 2.44. The molecule has 0 fully saturated rings. The summed E-state index contributed by atoms with van der Waals surface area (Å²) in [5, 5.41) is 10.2. The van der Waals surface area contributed by atoms with Gasteiger partial charge in [0.25, 0.3) is 0 Å². The van der Waals surface area contributed by atoms with Crippen LogP contribution in [0.25, 0.3) is 0 Å². The van der Waals surface area contributed by atoms with Crippen molar-refractivity contribution in [3.8, 4) is 0 Å². The summed E-state index contributed by atoms with van der Waals surface area (Å²) in [6.07, 6.45) is 0.876. The van der Waals surface area contributed by atoms with Crippen molar-refractivity contribution in [3.63, 3.8) is 0 Å². The van der Waals surface area contributed by atoms with Crippen molar-refractivity contribution in [1.82, 2.24) is 0 Å². The summed E-state index contributed by atoms with van der Waals surface area (Å²) >= 11 is 3.47. The molecule has 16 heavy (non-hydrogen) atoms. The lowest BCUT2D eigenvalue weighted by molar-refractivity contribution is 0.188. The lowest BCUT2D eigenvalue weighted by Gasteiger charge is -2.13. The predicted octanol–water partition coefficient (Wildman–Crippen LogP) is 3.74. The van der Waals surface area contributed by atoms with Crippen LogP contribution >= 0.6 is 15.9 Å². The summed E-state index contributed by atoms with van der Waals surface area (Å²) in [5.41, 5.74) is 3.03. The average Bonchev–Trinajstić information content (AvgIpc) is 2.75. The number of furan rings is 1. The first kappa shape index (κ1) is 11.4. The lowest BCUT2D eigenvalue weighted by atomic mass is 9.99. The third kappa shape index (κ3) is 2.06. The Morgan fingerprint density at radius 3 is 2.62 bits per heavy atom. The van der Waals surface area contributed by atoms with Crippen LogP contribution in [0.3, 0.4) is 0 Å². The molecule has 2 rings (SSSR count). The highest BCUT2D eigenvalue weighted by atomic mass is 79.9. The van der Waals surface area contributed by atoms with Crippen LogP contribution in [-0.2, 0) is 0 Å². The highest BCUT2D eigenvalue weighted by molar-refractivity contribution is 9.10. The summed E-state index contributed by atoms with van der Waals surface area (Å²) in [7, 11) is 0. The summed E-state index contributed by atoms with van der Waals surface area (Å²) in [4.78, 5) is 0. The summed E-state index contributed by atoms with van der Waals surface area (Å²) in [6, 6.07) is 7.55. The highest BCUT2D eigenvalue weighted by Gasteiger charge is 2.16. The van der Waals surface area contributed by atoms with E-state index in [9.17, 15) is 5.11 Å². The van der Waals surface area contributed by atoms with Gasteiger partial charge in [0.05, 0.1) is 6.26 Å². The monoisotopic (exact) mass is 280 g/mol. The smallest absolute Gasteiger partial charge is 0.137 e. The van der Waals surface area contributed by atoms with Gasteiger partial charge in [-0.2, -0.15) is 0 Å². The molecule has 1 N–H and O–H groups in total. The second-order valence-electron chi connectivity index (χ2n) is 3.88. The fraction of sp³-hybridized carbons (Fsp3) is 0.231. The SMILES string of the molecule is Cc1cc(C(O)c2ccco2)c(C)cc1Br. The Labute approximate surface area is 103 Å². The molecule has 0 aliphatic carbocycles. The largest absolute Gasteiger partial charge is 0.466 e. The van der Waals surface area contributed by atoms with E-state index in [1.807, 2.05) is 26.0 Å². The molecular weight excluding hydrogens is 268 g/mol. The minimum atomic E-state index is -0.693. The average molecular weight is 281 g/mol. The van der Waals surface area contributed by atoms with E-state index in [2.05, 4.69) is 15.9 Å². The van der Waals surface area contributed by atoms with Crippen molar-refractivity contribution >= 4 is 15.9 Å². The maximum absolute atomic E-state index is 10.2. The van der Waals surface area contributed by atoms with Gasteiger partial charge in [0.1, 0.15) is 11.9 Å². The van der Waals surface area contributed by atoms with Crippen molar-refractivity contribution in [3.05, 3.63) is 57.5 Å². The highest BCUT2D eigenvalue weighted by Crippen LogP contribution is 2.29. The molecular formula is C13H13BrO2. The van der Waals surface area contributed by atoms with Crippen LogP contribution in [-0.4, -0.2) is 5.11 Å². The van der Waals surface area contributed by atoms with E-state index >= 15 is 0 Å². The lowest BCUT2D eigenvalue weighted by Crippen LogP contribution is -2.01. The van der Waals surface area contributed by atoms with Crippen LogP contribution in [0.15, 0.2) is 39.4 Å². The van der Waals surface area contributed by atoms with Crippen LogP contribution in [0.2, 0.25) is 0 Å². The molecule has 0 aliphatic rings. The molecule has 0 amide bonds.